The van der Waals surface area contributed by atoms with E-state index in [1.165, 1.54) is 0 Å². The number of imidazole rings is 1. The third-order valence-electron chi connectivity index (χ3n) is 3.61. The van der Waals surface area contributed by atoms with Gasteiger partial charge in [0.05, 0.1) is 21.1 Å². The number of hydrogen-bond donors (Lipinski definition) is 3. The molecule has 3 rings (SSSR count). The molecule has 1 heterocycles. The Kier molecular flexibility index (Phi) is 5.04. The van der Waals surface area contributed by atoms with Crippen LogP contribution in [0.2, 0.25) is 10.0 Å². The number of aromatic amines is 1. The Morgan fingerprint density at radius 2 is 1.88 bits per heavy atom. The second-order valence-corrected chi connectivity index (χ2v) is 6.16. The Hall–Kier alpha value is -2.08. The summed E-state index contributed by atoms with van der Waals surface area (Å²) < 4.78 is 0. The summed E-state index contributed by atoms with van der Waals surface area (Å²) in [6.07, 6.45) is 0.758. The zero-order valence-electron chi connectivity index (χ0n) is 12.8. The monoisotopic (exact) mass is 362 g/mol. The average molecular weight is 363 g/mol. The van der Waals surface area contributed by atoms with E-state index in [9.17, 15) is 4.79 Å². The van der Waals surface area contributed by atoms with Gasteiger partial charge in [0, 0.05) is 17.7 Å². The van der Waals surface area contributed by atoms with E-state index in [1.54, 1.807) is 24.3 Å². The zero-order chi connectivity index (χ0) is 17.1. The van der Waals surface area contributed by atoms with Crippen molar-refractivity contribution in [2.45, 2.75) is 6.42 Å². The highest BCUT2D eigenvalue weighted by molar-refractivity contribution is 6.42. The van der Waals surface area contributed by atoms with Crippen molar-refractivity contribution in [3.63, 3.8) is 0 Å². The fourth-order valence-corrected chi connectivity index (χ4v) is 2.65. The number of aromatic nitrogens is 2. The molecular weight excluding hydrogens is 347 g/mol. The molecule has 0 saturated carbocycles. The Labute approximate surface area is 149 Å². The number of carbonyl (C=O) groups excluding carboxylic acids is 1. The summed E-state index contributed by atoms with van der Waals surface area (Å²) in [7, 11) is 0. The number of H-pyrrole nitrogens is 1. The average Bonchev–Trinajstić information content (AvgIpc) is 2.98. The molecule has 0 bridgehead atoms. The lowest BCUT2D eigenvalue weighted by Crippen LogP contribution is -2.25. The molecule has 1 amide bonds. The molecule has 5 nitrogen and oxygen atoms in total. The lowest BCUT2D eigenvalue weighted by atomic mass is 10.1. The van der Waals surface area contributed by atoms with Crippen LogP contribution in [0.3, 0.4) is 0 Å². The summed E-state index contributed by atoms with van der Waals surface area (Å²) >= 11 is 12.0. The van der Waals surface area contributed by atoms with Gasteiger partial charge in [-0.15, -0.1) is 0 Å². The van der Waals surface area contributed by atoms with Crippen LogP contribution in [0, 0.1) is 0 Å². The third kappa shape index (κ3) is 3.53. The van der Waals surface area contributed by atoms with Crippen molar-refractivity contribution in [1.82, 2.24) is 15.3 Å². The number of halogens is 2. The molecule has 0 aliphatic rings. The van der Waals surface area contributed by atoms with E-state index in [2.05, 4.69) is 15.3 Å². The Bertz CT molecular complexity index is 835. The molecule has 3 aromatic rings. The van der Waals surface area contributed by atoms with Crippen molar-refractivity contribution in [1.29, 1.82) is 0 Å². The number of benzene rings is 2. The highest BCUT2D eigenvalue weighted by atomic mass is 35.5. The summed E-state index contributed by atoms with van der Waals surface area (Å²) in [5.41, 5.74) is 8.42. The molecular formula is C17H16Cl2N4O. The minimum Gasteiger partial charge on any atom is -0.352 e. The number of hydrogen-bond acceptors (Lipinski definition) is 3. The first-order valence-corrected chi connectivity index (χ1v) is 8.27. The number of fused-ring (bicyclic) bond motifs is 1. The summed E-state index contributed by atoms with van der Waals surface area (Å²) in [6.45, 7) is 1.13. The summed E-state index contributed by atoms with van der Waals surface area (Å²) in [5, 5.41) is 3.76. The van der Waals surface area contributed by atoms with E-state index in [-0.39, 0.29) is 5.91 Å². The largest absolute Gasteiger partial charge is 0.352 e. The first-order chi connectivity index (χ1) is 11.6. The molecule has 0 saturated heterocycles. The maximum absolute atomic E-state index is 12.0. The molecule has 0 unspecified atom stereocenters. The van der Waals surface area contributed by atoms with Crippen molar-refractivity contribution < 1.29 is 4.79 Å². The van der Waals surface area contributed by atoms with Crippen molar-refractivity contribution in [3.05, 3.63) is 52.0 Å². The number of nitrogens with two attached hydrogens (primary N) is 1. The normalized spacial score (nSPS) is 11.0. The van der Waals surface area contributed by atoms with Crippen molar-refractivity contribution in [2.24, 2.45) is 5.73 Å². The highest BCUT2D eigenvalue weighted by Crippen LogP contribution is 2.28. The van der Waals surface area contributed by atoms with Crippen LogP contribution in [-0.2, 0) is 0 Å². The van der Waals surface area contributed by atoms with Crippen molar-refractivity contribution in [2.75, 3.05) is 13.1 Å². The summed E-state index contributed by atoms with van der Waals surface area (Å²) in [4.78, 5) is 19.7. The number of nitrogens with zero attached hydrogens (tertiary/aromatic N) is 1. The maximum atomic E-state index is 12.0. The first-order valence-electron chi connectivity index (χ1n) is 7.52. The van der Waals surface area contributed by atoms with Crippen LogP contribution < -0.4 is 11.1 Å². The Balaban J connectivity index is 1.81. The fourth-order valence-electron chi connectivity index (χ4n) is 2.33. The number of rotatable bonds is 5. The number of nitrogens with one attached hydrogen (secondary N) is 2. The zero-order valence-corrected chi connectivity index (χ0v) is 14.3. The second kappa shape index (κ2) is 7.21. The van der Waals surface area contributed by atoms with Gasteiger partial charge in [-0.2, -0.15) is 0 Å². The van der Waals surface area contributed by atoms with E-state index >= 15 is 0 Å². The van der Waals surface area contributed by atoms with Crippen LogP contribution in [0.4, 0.5) is 0 Å². The van der Waals surface area contributed by atoms with Gasteiger partial charge in [0.25, 0.3) is 5.91 Å². The highest BCUT2D eigenvalue weighted by Gasteiger charge is 2.10. The molecule has 0 aliphatic carbocycles. The van der Waals surface area contributed by atoms with Gasteiger partial charge in [-0.1, -0.05) is 35.3 Å². The van der Waals surface area contributed by atoms with Gasteiger partial charge in [-0.05, 0) is 37.2 Å². The predicted molar refractivity (Wildman–Crippen MR) is 97.6 cm³/mol. The van der Waals surface area contributed by atoms with E-state index in [0.717, 1.165) is 23.0 Å². The molecule has 124 valence electrons. The van der Waals surface area contributed by atoms with E-state index in [1.807, 2.05) is 12.1 Å². The molecule has 0 spiro atoms. The third-order valence-corrected chi connectivity index (χ3v) is 4.33. The molecule has 0 radical (unpaired) electrons. The van der Waals surface area contributed by atoms with Crippen molar-refractivity contribution in [3.8, 4) is 11.4 Å². The van der Waals surface area contributed by atoms with Gasteiger partial charge >= 0.3 is 0 Å². The number of amides is 1. The van der Waals surface area contributed by atoms with Gasteiger partial charge in [-0.25, -0.2) is 4.98 Å². The Morgan fingerprint density at radius 1 is 1.17 bits per heavy atom. The topological polar surface area (TPSA) is 83.8 Å². The lowest BCUT2D eigenvalue weighted by Gasteiger charge is -2.04. The predicted octanol–water partition coefficient (Wildman–Crippen LogP) is 3.62. The first kappa shape index (κ1) is 16.8. The molecule has 0 atom stereocenters. The Morgan fingerprint density at radius 3 is 2.58 bits per heavy atom. The van der Waals surface area contributed by atoms with Crippen molar-refractivity contribution >= 4 is 40.1 Å². The van der Waals surface area contributed by atoms with E-state index in [0.29, 0.717) is 34.5 Å². The standard InChI is InChI=1S/C17H16Cl2N4O/c18-12-8-14-15(9-13(12)19)23-16(22-14)10-2-4-11(5-3-10)17(24)21-7-1-6-20/h2-5,8-9H,1,6-7,20H2,(H,21,24)(H,22,23). The minimum atomic E-state index is -0.113. The minimum absolute atomic E-state index is 0.113. The quantitative estimate of drug-likeness (QED) is 0.606. The second-order valence-electron chi connectivity index (χ2n) is 5.34. The fraction of sp³-hybridized carbons (Fsp3) is 0.176. The van der Waals surface area contributed by atoms with Crippen LogP contribution in [0.25, 0.3) is 22.4 Å². The van der Waals surface area contributed by atoms with Crippen LogP contribution in [0.5, 0.6) is 0 Å². The molecule has 0 fully saturated rings. The van der Waals surface area contributed by atoms with Gasteiger partial charge in [0.15, 0.2) is 0 Å². The molecule has 7 heteroatoms. The van der Waals surface area contributed by atoms with Gasteiger partial charge in [-0.3, -0.25) is 4.79 Å². The van der Waals surface area contributed by atoms with E-state index in [4.69, 9.17) is 28.9 Å². The number of carbonyl (C=O) groups is 1. The van der Waals surface area contributed by atoms with Crippen LogP contribution in [0.1, 0.15) is 16.8 Å². The van der Waals surface area contributed by atoms with Crippen LogP contribution in [-0.4, -0.2) is 29.0 Å². The van der Waals surface area contributed by atoms with Gasteiger partial charge < -0.3 is 16.0 Å². The summed E-state index contributed by atoms with van der Waals surface area (Å²) in [5.74, 6) is 0.580. The van der Waals surface area contributed by atoms with E-state index < -0.39 is 0 Å². The van der Waals surface area contributed by atoms with Crippen LogP contribution >= 0.6 is 23.2 Å². The van der Waals surface area contributed by atoms with Gasteiger partial charge in [0.2, 0.25) is 0 Å². The smallest absolute Gasteiger partial charge is 0.251 e. The van der Waals surface area contributed by atoms with Gasteiger partial charge in [0.1, 0.15) is 5.82 Å². The lowest BCUT2D eigenvalue weighted by molar-refractivity contribution is 0.0953. The molecule has 1 aromatic heterocycles. The molecule has 0 aliphatic heterocycles. The summed E-state index contributed by atoms with van der Waals surface area (Å²) in [6, 6.07) is 10.7. The molecule has 2 aromatic carbocycles. The maximum Gasteiger partial charge on any atom is 0.251 e. The van der Waals surface area contributed by atoms with Crippen LogP contribution in [0.15, 0.2) is 36.4 Å². The SMILES string of the molecule is NCCCNC(=O)c1ccc(-c2nc3cc(Cl)c(Cl)cc3[nH]2)cc1. The molecule has 24 heavy (non-hydrogen) atoms. The molecule has 4 N–H and O–H groups in total.